The first kappa shape index (κ1) is 58.4. The highest BCUT2D eigenvalue weighted by Gasteiger charge is 2.56. The maximum absolute atomic E-state index is 11.7. The summed E-state index contributed by atoms with van der Waals surface area (Å²) in [6.07, 6.45) is -60.4. The van der Waals surface area contributed by atoms with Crippen molar-refractivity contribution in [3.8, 4) is 0 Å². The number of hydrogen-bond donors (Lipinski definition) is 20. The molecule has 7 aliphatic rings. The van der Waals surface area contributed by atoms with Crippen LogP contribution in [-0.2, 0) is 61.6 Å². The quantitative estimate of drug-likeness (QED) is 0.0682. The molecule has 7 heterocycles. The van der Waals surface area contributed by atoms with Gasteiger partial charge < -0.3 is 164 Å². The Morgan fingerprint density at radius 3 is 0.972 bits per heavy atom. The van der Waals surface area contributed by atoms with Crippen molar-refractivity contribution in [1.29, 1.82) is 0 Å². The van der Waals surface area contributed by atoms with E-state index < -0.39 is 243 Å². The third kappa shape index (κ3) is 12.5. The summed E-state index contributed by atoms with van der Waals surface area (Å²) in [6, 6.07) is 0. The lowest BCUT2D eigenvalue weighted by Gasteiger charge is -2.49. The van der Waals surface area contributed by atoms with Gasteiger partial charge in [0.25, 0.3) is 0 Å². The fourth-order valence-corrected chi connectivity index (χ4v) is 8.85. The fourth-order valence-electron chi connectivity index (χ4n) is 8.85. The summed E-state index contributed by atoms with van der Waals surface area (Å²) in [7, 11) is 0. The van der Waals surface area contributed by atoms with E-state index in [1.807, 2.05) is 0 Å². The van der Waals surface area contributed by atoms with Gasteiger partial charge in [-0.1, -0.05) is 0 Å². The predicted octanol–water partition coefficient (Wildman–Crippen LogP) is -14.4. The highest BCUT2D eigenvalue weighted by Crippen LogP contribution is 2.36. The van der Waals surface area contributed by atoms with Crippen molar-refractivity contribution in [1.82, 2.24) is 0 Å². The Labute approximate surface area is 406 Å². The molecule has 0 bridgehead atoms. The molecule has 7 aliphatic heterocycles. The fraction of sp³-hybridized carbons (Fsp3) is 1.00. The highest BCUT2D eigenvalue weighted by molar-refractivity contribution is 4.99. The van der Waals surface area contributed by atoms with Gasteiger partial charge in [0.15, 0.2) is 44.0 Å². The molecule has 72 heavy (non-hydrogen) atoms. The zero-order chi connectivity index (χ0) is 52.6. The van der Waals surface area contributed by atoms with Gasteiger partial charge in [-0.05, 0) is 0 Å². The Balaban J connectivity index is 1.11. The largest absolute Gasteiger partial charge is 0.394 e. The average Bonchev–Trinajstić information content (AvgIpc) is 3.36. The molecule has 33 nitrogen and oxygen atoms in total. The van der Waals surface area contributed by atoms with Gasteiger partial charge >= 0.3 is 0 Å². The Kier molecular flexibility index (Phi) is 20.3. The van der Waals surface area contributed by atoms with Crippen LogP contribution >= 0.6 is 0 Å². The van der Waals surface area contributed by atoms with Gasteiger partial charge in [-0.2, -0.15) is 0 Å². The summed E-state index contributed by atoms with van der Waals surface area (Å²) in [6.45, 7) is -4.95. The van der Waals surface area contributed by atoms with Crippen LogP contribution in [0.5, 0.6) is 0 Å². The van der Waals surface area contributed by atoms with Crippen LogP contribution in [0, 0.1) is 0 Å². The molecule has 0 spiro atoms. The zero-order valence-corrected chi connectivity index (χ0v) is 37.7. The Bertz CT molecular complexity index is 1660. The molecule has 0 aromatic carbocycles. The van der Waals surface area contributed by atoms with Gasteiger partial charge in [0, 0.05) is 0 Å². The minimum absolute atomic E-state index is 0.471. The molecule has 0 aromatic rings. The third-order valence-corrected chi connectivity index (χ3v) is 13.3. The second kappa shape index (κ2) is 25.0. The molecule has 420 valence electrons. The van der Waals surface area contributed by atoms with Crippen molar-refractivity contribution in [2.45, 2.75) is 197 Å². The van der Waals surface area contributed by atoms with Crippen LogP contribution in [0.2, 0.25) is 0 Å². The summed E-state index contributed by atoms with van der Waals surface area (Å²) in [5.41, 5.74) is 0. The number of hydrogen-bond acceptors (Lipinski definition) is 33. The molecule has 20 N–H and O–H groups in total. The van der Waals surface area contributed by atoms with Crippen molar-refractivity contribution >= 4 is 0 Å². The maximum atomic E-state index is 11.7. The van der Waals surface area contributed by atoms with Crippen LogP contribution < -0.4 is 0 Å². The highest BCUT2D eigenvalue weighted by atomic mass is 16.8. The van der Waals surface area contributed by atoms with Crippen LogP contribution in [0.4, 0.5) is 0 Å². The smallest absolute Gasteiger partial charge is 0.187 e. The number of rotatable bonds is 16. The Morgan fingerprint density at radius 1 is 0.292 bits per heavy atom. The van der Waals surface area contributed by atoms with Gasteiger partial charge in [0.05, 0.1) is 46.2 Å². The van der Waals surface area contributed by atoms with E-state index >= 15 is 0 Å². The van der Waals surface area contributed by atoms with Crippen LogP contribution in [-0.4, -0.2) is 345 Å². The predicted molar refractivity (Wildman–Crippen MR) is 214 cm³/mol. The number of aliphatic hydroxyl groups is 20. The van der Waals surface area contributed by atoms with E-state index in [9.17, 15) is 102 Å². The first-order chi connectivity index (χ1) is 34.0. The zero-order valence-electron chi connectivity index (χ0n) is 37.7. The minimum Gasteiger partial charge on any atom is -0.394 e. The average molecular weight is 1060 g/mol. The topological polar surface area (TPSA) is 525 Å². The van der Waals surface area contributed by atoms with E-state index in [1.165, 1.54) is 0 Å². The molecule has 0 amide bonds. The van der Waals surface area contributed by atoms with Crippen molar-refractivity contribution in [2.75, 3.05) is 46.2 Å². The monoisotopic (exact) mass is 1060 g/mol. The molecule has 33 heteroatoms. The molecule has 0 saturated carbocycles. The van der Waals surface area contributed by atoms with E-state index in [1.54, 1.807) is 0 Å². The molecular weight excluding hydrogens is 996 g/mol. The van der Waals surface area contributed by atoms with Crippen LogP contribution in [0.15, 0.2) is 0 Å². The summed E-state index contributed by atoms with van der Waals surface area (Å²) < 4.78 is 72.6. The minimum atomic E-state index is -2.30. The van der Waals surface area contributed by atoms with Crippen molar-refractivity contribution in [3.05, 3.63) is 0 Å². The van der Waals surface area contributed by atoms with Crippen molar-refractivity contribution in [3.63, 3.8) is 0 Å². The van der Waals surface area contributed by atoms with E-state index in [4.69, 9.17) is 61.6 Å². The van der Waals surface area contributed by atoms with Crippen LogP contribution in [0.1, 0.15) is 0 Å². The molecule has 7 saturated heterocycles. The lowest BCUT2D eigenvalue weighted by atomic mass is 9.95. The molecule has 0 aromatic heterocycles. The molecule has 13 unspecified atom stereocenters. The molecule has 7 rings (SSSR count). The molecular formula is C39H66O33. The van der Waals surface area contributed by atoms with Gasteiger partial charge in [0.2, 0.25) is 0 Å². The van der Waals surface area contributed by atoms with Gasteiger partial charge in [0.1, 0.15) is 153 Å². The first-order valence-corrected chi connectivity index (χ1v) is 22.9. The first-order valence-electron chi connectivity index (χ1n) is 22.9. The van der Waals surface area contributed by atoms with Gasteiger partial charge in [-0.25, -0.2) is 0 Å². The van der Waals surface area contributed by atoms with E-state index in [-0.39, 0.29) is 0 Å². The normalized spacial score (nSPS) is 53.8. The SMILES string of the molecule is OCC1OC(O)C(O)[C@@H](O)[C@@H]1O[C@@H]1OC(CO[C@H]2OC[C@@H](O)[C@H](O)C2O)[C@@H](O[C@@H]2OC(CO[C@H]3OC[C@@H](O)C(O)C3O)[C@@H](O[C@@H]3OC(CO[C@H]4OC[C@@H](O)[C@H](O)C4O)[C@@H](O)[C@H](O)C3O)[C@H](O)C2O)[C@H](O)C1O. The Hall–Kier alpha value is -1.32. The van der Waals surface area contributed by atoms with Crippen molar-refractivity contribution in [2.24, 2.45) is 0 Å². The lowest BCUT2D eigenvalue weighted by Crippen LogP contribution is -2.68. The van der Waals surface area contributed by atoms with Crippen LogP contribution in [0.3, 0.4) is 0 Å². The summed E-state index contributed by atoms with van der Waals surface area (Å²) in [4.78, 5) is 0. The summed E-state index contributed by atoms with van der Waals surface area (Å²) >= 11 is 0. The van der Waals surface area contributed by atoms with E-state index in [0.717, 1.165) is 0 Å². The molecule has 7 fully saturated rings. The second-order valence-corrected chi connectivity index (χ2v) is 18.3. The summed E-state index contributed by atoms with van der Waals surface area (Å²) in [5, 5.41) is 211. The van der Waals surface area contributed by atoms with Crippen LogP contribution in [0.25, 0.3) is 0 Å². The Morgan fingerprint density at radius 2 is 0.597 bits per heavy atom. The molecule has 32 atom stereocenters. The van der Waals surface area contributed by atoms with Gasteiger partial charge in [-0.3, -0.25) is 0 Å². The third-order valence-electron chi connectivity index (χ3n) is 13.3. The van der Waals surface area contributed by atoms with Crippen molar-refractivity contribution < 1.29 is 164 Å². The lowest BCUT2D eigenvalue weighted by molar-refractivity contribution is -0.393. The summed E-state index contributed by atoms with van der Waals surface area (Å²) in [5.74, 6) is 0. The number of aliphatic hydroxyl groups excluding tert-OH is 20. The standard InChI is InChI=1S/C39H66O33/c40-1-11-30(20(49)23(52)33(59)66-11)70-38-28(57)21(50)32(14(68-38)7-65-36-26(55)17(46)10(43)4-62-36)72-39-29(58)22(51)31(13(69-39)6-64-35-25(54)16(45)9(42)3-61-35)71-37-27(56)19(48)18(47)12(67-37)5-63-34-24(53)15(44)8(41)2-60-34/h8-59H,1-7H2/t8-,9-,10-,11?,12?,13?,14?,15+,16?,17+,18-,19+,20-,21-,22-,23?,24?,25?,26?,27?,28?,29?,30-,31-,32-,33?,34-,35-,36-,37+,38+,39+/m1/s1. The van der Waals surface area contributed by atoms with E-state index in [2.05, 4.69) is 0 Å². The molecule has 0 radical (unpaired) electrons. The second-order valence-electron chi connectivity index (χ2n) is 18.3. The van der Waals surface area contributed by atoms with Gasteiger partial charge in [-0.15, -0.1) is 0 Å². The number of ether oxygens (including phenoxy) is 13. The molecule has 0 aliphatic carbocycles. The van der Waals surface area contributed by atoms with E-state index in [0.29, 0.717) is 0 Å². The maximum Gasteiger partial charge on any atom is 0.187 e.